The number of aliphatic hydroxyl groups excluding tert-OH is 1. The second kappa shape index (κ2) is 7.45. The number of ether oxygens (including phenoxy) is 1. The number of aryl methyl sites for hydroxylation is 1. The first-order chi connectivity index (χ1) is 12.4. The molecule has 8 nitrogen and oxygen atoms in total. The monoisotopic (exact) mass is 378 g/mol. The van der Waals surface area contributed by atoms with E-state index in [1.807, 2.05) is 12.1 Å². The number of fused-ring (bicyclic) bond motifs is 1. The molecule has 0 bridgehead atoms. The fourth-order valence-electron chi connectivity index (χ4n) is 2.71. The van der Waals surface area contributed by atoms with Crippen LogP contribution in [0, 0.1) is 0 Å². The molecule has 0 amide bonds. The van der Waals surface area contributed by atoms with Crippen molar-refractivity contribution >= 4 is 22.8 Å². The van der Waals surface area contributed by atoms with Crippen molar-refractivity contribution in [2.75, 3.05) is 6.61 Å². The largest absolute Gasteiger partial charge is 0.389 e. The molecule has 9 heteroatoms. The number of imidazole rings is 1. The number of aliphatic hydroxyl groups is 1. The zero-order valence-corrected chi connectivity index (χ0v) is 15.2. The van der Waals surface area contributed by atoms with Gasteiger partial charge in [0.15, 0.2) is 11.2 Å². The predicted molar refractivity (Wildman–Crippen MR) is 97.3 cm³/mol. The maximum absolute atomic E-state index is 12.4. The number of halogens is 1. The summed E-state index contributed by atoms with van der Waals surface area (Å²) in [6.07, 6.45) is 0.607. The normalized spacial score (nSPS) is 12.6. The third-order valence-electron chi connectivity index (χ3n) is 4.12. The molecular weight excluding hydrogens is 360 g/mol. The summed E-state index contributed by atoms with van der Waals surface area (Å²) in [5.41, 5.74) is 0.603. The van der Waals surface area contributed by atoms with E-state index in [2.05, 4.69) is 4.98 Å². The maximum atomic E-state index is 12.4. The lowest BCUT2D eigenvalue weighted by Gasteiger charge is -2.13. The summed E-state index contributed by atoms with van der Waals surface area (Å²) in [6, 6.07) is 7.24. The number of nitrogens with zero attached hydrogens (tertiary/aromatic N) is 4. The minimum atomic E-state index is -0.832. The van der Waals surface area contributed by atoms with Gasteiger partial charge < -0.3 is 14.4 Å². The van der Waals surface area contributed by atoms with E-state index in [1.54, 1.807) is 19.2 Å². The average molecular weight is 379 g/mol. The molecule has 2 aromatic heterocycles. The molecule has 1 unspecified atom stereocenters. The number of aromatic nitrogens is 4. The van der Waals surface area contributed by atoms with Crippen LogP contribution < -0.4 is 11.2 Å². The van der Waals surface area contributed by atoms with Crippen LogP contribution in [0.1, 0.15) is 5.56 Å². The molecule has 0 fully saturated rings. The van der Waals surface area contributed by atoms with Gasteiger partial charge in [-0.2, -0.15) is 0 Å². The highest BCUT2D eigenvalue weighted by molar-refractivity contribution is 6.30. The predicted octanol–water partition coefficient (Wildman–Crippen LogP) is 0.665. The van der Waals surface area contributed by atoms with Gasteiger partial charge in [0.2, 0.25) is 0 Å². The molecule has 26 heavy (non-hydrogen) atoms. The van der Waals surface area contributed by atoms with E-state index in [0.717, 1.165) is 10.1 Å². The Morgan fingerprint density at radius 1 is 1.19 bits per heavy atom. The highest BCUT2D eigenvalue weighted by Crippen LogP contribution is 2.11. The number of rotatable bonds is 6. The Bertz CT molecular complexity index is 1040. The first kappa shape index (κ1) is 18.4. The molecule has 0 radical (unpaired) electrons. The van der Waals surface area contributed by atoms with Crippen molar-refractivity contribution in [1.82, 2.24) is 18.7 Å². The highest BCUT2D eigenvalue weighted by atomic mass is 35.5. The van der Waals surface area contributed by atoms with Gasteiger partial charge in [-0.1, -0.05) is 23.7 Å². The lowest BCUT2D eigenvalue weighted by molar-refractivity contribution is 0.0208. The Morgan fingerprint density at radius 3 is 2.58 bits per heavy atom. The fraction of sp³-hybridized carbons (Fsp3) is 0.353. The Labute approximate surface area is 153 Å². The summed E-state index contributed by atoms with van der Waals surface area (Å²) in [5, 5.41) is 10.9. The van der Waals surface area contributed by atoms with Gasteiger partial charge in [-0.25, -0.2) is 9.78 Å². The second-order valence-corrected chi connectivity index (χ2v) is 6.51. The summed E-state index contributed by atoms with van der Waals surface area (Å²) < 4.78 is 9.37. The van der Waals surface area contributed by atoms with Crippen molar-refractivity contribution in [2.45, 2.75) is 19.3 Å². The minimum absolute atomic E-state index is 0.0916. The van der Waals surface area contributed by atoms with E-state index in [1.165, 1.54) is 22.5 Å². The van der Waals surface area contributed by atoms with Gasteiger partial charge in [0.25, 0.3) is 5.56 Å². The van der Waals surface area contributed by atoms with E-state index < -0.39 is 17.4 Å². The van der Waals surface area contributed by atoms with Gasteiger partial charge in [0, 0.05) is 19.1 Å². The Kier molecular flexibility index (Phi) is 5.26. The van der Waals surface area contributed by atoms with Crippen molar-refractivity contribution in [3.63, 3.8) is 0 Å². The van der Waals surface area contributed by atoms with Crippen LogP contribution >= 0.6 is 11.6 Å². The second-order valence-electron chi connectivity index (χ2n) is 6.07. The zero-order valence-electron chi connectivity index (χ0n) is 14.4. The molecule has 0 spiro atoms. The number of hydrogen-bond acceptors (Lipinski definition) is 5. The number of benzene rings is 1. The van der Waals surface area contributed by atoms with Gasteiger partial charge in [0.1, 0.15) is 0 Å². The van der Waals surface area contributed by atoms with Crippen LogP contribution in [0.5, 0.6) is 0 Å². The summed E-state index contributed by atoms with van der Waals surface area (Å²) in [6.45, 7) is 0.564. The van der Waals surface area contributed by atoms with Crippen molar-refractivity contribution in [2.24, 2.45) is 14.1 Å². The van der Waals surface area contributed by atoms with Crippen LogP contribution in [-0.4, -0.2) is 36.5 Å². The lowest BCUT2D eigenvalue weighted by atomic mass is 10.2. The Hall–Kier alpha value is -2.42. The summed E-state index contributed by atoms with van der Waals surface area (Å²) in [7, 11) is 2.96. The van der Waals surface area contributed by atoms with Gasteiger partial charge >= 0.3 is 5.69 Å². The van der Waals surface area contributed by atoms with Crippen molar-refractivity contribution < 1.29 is 9.84 Å². The van der Waals surface area contributed by atoms with Crippen LogP contribution in [0.2, 0.25) is 5.02 Å². The molecule has 0 saturated heterocycles. The van der Waals surface area contributed by atoms with Crippen LogP contribution in [0.25, 0.3) is 11.2 Å². The molecule has 0 aliphatic heterocycles. The summed E-state index contributed by atoms with van der Waals surface area (Å²) in [5.74, 6) is 0. The number of hydrogen-bond donors (Lipinski definition) is 1. The van der Waals surface area contributed by atoms with Crippen LogP contribution in [0.3, 0.4) is 0 Å². The third kappa shape index (κ3) is 3.57. The van der Waals surface area contributed by atoms with E-state index in [9.17, 15) is 14.7 Å². The van der Waals surface area contributed by atoms with E-state index >= 15 is 0 Å². The first-order valence-electron chi connectivity index (χ1n) is 7.99. The highest BCUT2D eigenvalue weighted by Gasteiger charge is 2.16. The third-order valence-corrected chi connectivity index (χ3v) is 4.37. The molecule has 0 saturated carbocycles. The van der Waals surface area contributed by atoms with Gasteiger partial charge in [0.05, 0.1) is 32.2 Å². The van der Waals surface area contributed by atoms with Crippen molar-refractivity contribution in [3.05, 3.63) is 62.0 Å². The SMILES string of the molecule is Cn1c(=O)c2c(ncn2CC(O)COCc2ccc(Cl)cc2)n(C)c1=O. The van der Waals surface area contributed by atoms with E-state index in [4.69, 9.17) is 16.3 Å². The molecule has 1 atom stereocenters. The minimum Gasteiger partial charge on any atom is -0.389 e. The van der Waals surface area contributed by atoms with Gasteiger partial charge in [-0.3, -0.25) is 13.9 Å². The smallest absolute Gasteiger partial charge is 0.332 e. The van der Waals surface area contributed by atoms with Gasteiger partial charge in [-0.05, 0) is 17.7 Å². The van der Waals surface area contributed by atoms with E-state index in [-0.39, 0.29) is 24.3 Å². The molecule has 1 N–H and O–H groups in total. The molecular formula is C17H19ClN4O4. The van der Waals surface area contributed by atoms with Crippen LogP contribution in [0.4, 0.5) is 0 Å². The van der Waals surface area contributed by atoms with Crippen LogP contribution in [0.15, 0.2) is 40.2 Å². The molecule has 3 rings (SSSR count). The fourth-order valence-corrected chi connectivity index (χ4v) is 2.83. The maximum Gasteiger partial charge on any atom is 0.332 e. The van der Waals surface area contributed by atoms with Crippen molar-refractivity contribution in [3.8, 4) is 0 Å². The Morgan fingerprint density at radius 2 is 1.88 bits per heavy atom. The molecule has 138 valence electrons. The molecule has 3 aromatic rings. The molecule has 0 aliphatic carbocycles. The Balaban J connectivity index is 1.70. The summed E-state index contributed by atoms with van der Waals surface area (Å²) >= 11 is 5.83. The zero-order chi connectivity index (χ0) is 18.8. The molecule has 0 aliphatic rings. The standard InChI is InChI=1S/C17H19ClN4O4/c1-20-15-14(16(24)21(2)17(20)25)22(10-19-15)7-13(23)9-26-8-11-3-5-12(18)6-4-11/h3-6,10,13,23H,7-9H2,1-2H3. The van der Waals surface area contributed by atoms with Crippen LogP contribution in [-0.2, 0) is 32.0 Å². The average Bonchev–Trinajstić information content (AvgIpc) is 3.03. The molecule has 1 aromatic carbocycles. The quantitative estimate of drug-likeness (QED) is 0.680. The molecule has 2 heterocycles. The van der Waals surface area contributed by atoms with Crippen molar-refractivity contribution in [1.29, 1.82) is 0 Å². The topological polar surface area (TPSA) is 91.3 Å². The van der Waals surface area contributed by atoms with Gasteiger partial charge in [-0.15, -0.1) is 0 Å². The lowest BCUT2D eigenvalue weighted by Crippen LogP contribution is -2.38. The summed E-state index contributed by atoms with van der Waals surface area (Å²) in [4.78, 5) is 28.4. The first-order valence-corrected chi connectivity index (χ1v) is 8.37. The van der Waals surface area contributed by atoms with E-state index in [0.29, 0.717) is 11.6 Å².